The van der Waals surface area contributed by atoms with Gasteiger partial charge in [-0.05, 0) is 63.8 Å². The molecule has 1 unspecified atom stereocenters. The third-order valence-corrected chi connectivity index (χ3v) is 6.16. The summed E-state index contributed by atoms with van der Waals surface area (Å²) in [7, 11) is 0. The normalized spacial score (nSPS) is 13.9. The first-order chi connectivity index (χ1) is 19.9. The lowest BCUT2D eigenvalue weighted by Gasteiger charge is -2.20. The Morgan fingerprint density at radius 3 is 2.36 bits per heavy atom. The van der Waals surface area contributed by atoms with Crippen LogP contribution in [0.3, 0.4) is 0 Å². The molecule has 242 valence electrons. The Kier molecular flexibility index (Phi) is 13.3. The number of aromatic nitrogens is 1. The molecule has 3 aromatic rings. The van der Waals surface area contributed by atoms with Crippen LogP contribution >= 0.6 is 24.8 Å². The van der Waals surface area contributed by atoms with Crippen molar-refractivity contribution >= 4 is 36.6 Å². The average molecular weight is 667 g/mol. The maximum absolute atomic E-state index is 14.7. The van der Waals surface area contributed by atoms with Gasteiger partial charge in [0.05, 0.1) is 12.6 Å². The lowest BCUT2D eigenvalue weighted by molar-refractivity contribution is -0.124. The molecular formula is C28H33Cl2F4N5O5. The standard InChI is InChI=1S/C28H31F4N5O5.2ClH/c1-13(2)36-37-26(39)22(18-8-7-17(29)11-19(18)30)34-25(38)23-24(14(3)33)42-27(35-23)16-6-9-20(41-28(31)32)21(10-16)40-12-15-4-5-15;;/h6-11,13-15,22,28,36H,4-5,12,33H2,1-3H3,(H,34,38)(H,37,39);2*1H/t14-,22?;;/m0../s1. The van der Waals surface area contributed by atoms with Gasteiger partial charge in [-0.3, -0.25) is 15.0 Å². The topological polar surface area (TPSA) is 141 Å². The van der Waals surface area contributed by atoms with Crippen LogP contribution in [0.5, 0.6) is 11.5 Å². The number of hydrogen-bond donors (Lipinski definition) is 4. The molecular weight excluding hydrogens is 633 g/mol. The first kappa shape index (κ1) is 36.6. The van der Waals surface area contributed by atoms with Gasteiger partial charge >= 0.3 is 6.61 Å². The number of halogens is 6. The number of nitrogens with two attached hydrogens (primary N) is 1. The molecule has 2 amide bonds. The number of carbonyl (C=O) groups is 2. The zero-order valence-corrected chi connectivity index (χ0v) is 25.5. The number of hydrazine groups is 1. The Bertz CT molecular complexity index is 1440. The van der Waals surface area contributed by atoms with E-state index in [4.69, 9.17) is 14.9 Å². The van der Waals surface area contributed by atoms with E-state index in [1.807, 2.05) is 0 Å². The molecule has 10 nitrogen and oxygen atoms in total. The van der Waals surface area contributed by atoms with Crippen molar-refractivity contribution in [3.63, 3.8) is 0 Å². The lowest BCUT2D eigenvalue weighted by Crippen LogP contribution is -2.48. The Hall–Kier alpha value is -3.59. The molecule has 1 heterocycles. The summed E-state index contributed by atoms with van der Waals surface area (Å²) in [6.07, 6.45) is 1.93. The monoisotopic (exact) mass is 665 g/mol. The van der Waals surface area contributed by atoms with Crippen LogP contribution in [-0.4, -0.2) is 36.1 Å². The van der Waals surface area contributed by atoms with Crippen molar-refractivity contribution in [2.45, 2.75) is 58.3 Å². The highest BCUT2D eigenvalue weighted by Crippen LogP contribution is 2.37. The van der Waals surface area contributed by atoms with Crippen molar-refractivity contribution in [2.75, 3.05) is 6.61 Å². The van der Waals surface area contributed by atoms with Crippen LogP contribution in [0.4, 0.5) is 17.6 Å². The van der Waals surface area contributed by atoms with Crippen molar-refractivity contribution in [1.29, 1.82) is 0 Å². The molecule has 1 saturated carbocycles. The SMILES string of the molecule is CC(C)NNC(=O)C(NC(=O)c1nc(-c2ccc(OC(F)F)c(OCC3CC3)c2)oc1[C@H](C)N)c1ccc(F)cc1F.Cl.Cl. The number of nitrogens with one attached hydrogen (secondary N) is 3. The quantitative estimate of drug-likeness (QED) is 0.141. The molecule has 44 heavy (non-hydrogen) atoms. The van der Waals surface area contributed by atoms with Gasteiger partial charge in [0, 0.05) is 23.2 Å². The number of oxazole rings is 1. The Morgan fingerprint density at radius 1 is 1.07 bits per heavy atom. The molecule has 0 bridgehead atoms. The summed E-state index contributed by atoms with van der Waals surface area (Å²) in [5.41, 5.74) is 10.7. The van der Waals surface area contributed by atoms with Crippen LogP contribution in [-0.2, 0) is 4.79 Å². The summed E-state index contributed by atoms with van der Waals surface area (Å²) in [6, 6.07) is 3.98. The molecule has 0 aliphatic heterocycles. The van der Waals surface area contributed by atoms with E-state index < -0.39 is 42.1 Å². The van der Waals surface area contributed by atoms with Crippen LogP contribution in [0.15, 0.2) is 40.8 Å². The molecule has 0 radical (unpaired) electrons. The van der Waals surface area contributed by atoms with E-state index in [-0.39, 0.29) is 70.8 Å². The third kappa shape index (κ3) is 9.45. The summed E-state index contributed by atoms with van der Waals surface area (Å²) in [5, 5.41) is 2.42. The predicted octanol–water partition coefficient (Wildman–Crippen LogP) is 5.37. The van der Waals surface area contributed by atoms with Crippen molar-refractivity contribution in [2.24, 2.45) is 11.7 Å². The van der Waals surface area contributed by atoms with Gasteiger partial charge in [-0.2, -0.15) is 8.78 Å². The second-order valence-corrected chi connectivity index (χ2v) is 10.2. The highest BCUT2D eigenvalue weighted by Gasteiger charge is 2.31. The second kappa shape index (κ2) is 15.9. The molecule has 1 aromatic heterocycles. The Morgan fingerprint density at radius 2 is 1.77 bits per heavy atom. The molecule has 4 rings (SSSR count). The number of nitrogens with zero attached hydrogens (tertiary/aromatic N) is 1. The van der Waals surface area contributed by atoms with Crippen LogP contribution in [0.1, 0.15) is 67.5 Å². The Labute approximate surface area is 263 Å². The number of carbonyl (C=O) groups excluding carboxylic acids is 2. The predicted molar refractivity (Wildman–Crippen MR) is 157 cm³/mol. The molecule has 1 aliphatic rings. The van der Waals surface area contributed by atoms with Crippen molar-refractivity contribution in [1.82, 2.24) is 21.2 Å². The molecule has 1 aliphatic carbocycles. The minimum atomic E-state index is -3.08. The van der Waals surface area contributed by atoms with E-state index in [2.05, 4.69) is 25.9 Å². The fourth-order valence-corrected chi connectivity index (χ4v) is 3.87. The lowest BCUT2D eigenvalue weighted by atomic mass is 10.0. The smallest absolute Gasteiger partial charge is 0.387 e. The molecule has 16 heteroatoms. The van der Waals surface area contributed by atoms with E-state index in [9.17, 15) is 27.2 Å². The molecule has 5 N–H and O–H groups in total. The first-order valence-electron chi connectivity index (χ1n) is 13.2. The van der Waals surface area contributed by atoms with Gasteiger partial charge in [0.1, 0.15) is 17.7 Å². The highest BCUT2D eigenvalue weighted by atomic mass is 35.5. The fourth-order valence-electron chi connectivity index (χ4n) is 3.87. The summed E-state index contributed by atoms with van der Waals surface area (Å²) in [4.78, 5) is 30.6. The average Bonchev–Trinajstić information content (AvgIpc) is 3.64. The van der Waals surface area contributed by atoms with Gasteiger partial charge in [0.15, 0.2) is 23.0 Å². The van der Waals surface area contributed by atoms with Gasteiger partial charge in [0.25, 0.3) is 11.8 Å². The van der Waals surface area contributed by atoms with Gasteiger partial charge in [-0.15, -0.1) is 24.8 Å². The number of hydrogen-bond acceptors (Lipinski definition) is 8. The van der Waals surface area contributed by atoms with Gasteiger partial charge in [0.2, 0.25) is 5.89 Å². The van der Waals surface area contributed by atoms with Crippen molar-refractivity contribution < 1.29 is 41.0 Å². The van der Waals surface area contributed by atoms with Gasteiger partial charge < -0.3 is 24.9 Å². The van der Waals surface area contributed by atoms with E-state index in [1.54, 1.807) is 13.8 Å². The molecule has 0 spiro atoms. The van der Waals surface area contributed by atoms with Crippen LogP contribution in [0, 0.1) is 17.6 Å². The van der Waals surface area contributed by atoms with E-state index in [0.717, 1.165) is 25.0 Å². The number of amides is 2. The van der Waals surface area contributed by atoms with Gasteiger partial charge in [-0.1, -0.05) is 6.07 Å². The van der Waals surface area contributed by atoms with Crippen molar-refractivity contribution in [3.05, 3.63) is 65.1 Å². The highest BCUT2D eigenvalue weighted by molar-refractivity contribution is 5.97. The molecule has 2 aromatic carbocycles. The maximum Gasteiger partial charge on any atom is 0.387 e. The number of benzene rings is 2. The van der Waals surface area contributed by atoms with E-state index >= 15 is 0 Å². The zero-order chi connectivity index (χ0) is 30.6. The minimum absolute atomic E-state index is 0. The van der Waals surface area contributed by atoms with Crippen LogP contribution in [0.2, 0.25) is 0 Å². The largest absolute Gasteiger partial charge is 0.489 e. The number of rotatable bonds is 13. The van der Waals surface area contributed by atoms with Crippen LogP contribution < -0.4 is 31.4 Å². The zero-order valence-electron chi connectivity index (χ0n) is 23.9. The van der Waals surface area contributed by atoms with Crippen LogP contribution in [0.25, 0.3) is 11.5 Å². The minimum Gasteiger partial charge on any atom is -0.489 e. The van der Waals surface area contributed by atoms with E-state index in [0.29, 0.717) is 18.6 Å². The molecule has 2 atom stereocenters. The number of ether oxygens (including phenoxy) is 2. The molecule has 0 saturated heterocycles. The summed E-state index contributed by atoms with van der Waals surface area (Å²) >= 11 is 0. The third-order valence-electron chi connectivity index (χ3n) is 6.16. The van der Waals surface area contributed by atoms with Crippen molar-refractivity contribution in [3.8, 4) is 23.0 Å². The molecule has 1 fully saturated rings. The summed E-state index contributed by atoms with van der Waals surface area (Å²) < 4.78 is 70.2. The maximum atomic E-state index is 14.7. The van der Waals surface area contributed by atoms with Gasteiger partial charge in [-0.25, -0.2) is 19.2 Å². The first-order valence-corrected chi connectivity index (χ1v) is 13.2. The van der Waals surface area contributed by atoms with E-state index in [1.165, 1.54) is 25.1 Å². The summed E-state index contributed by atoms with van der Waals surface area (Å²) in [6.45, 7) is 2.25. The summed E-state index contributed by atoms with van der Waals surface area (Å²) in [5.74, 6) is -3.68. The Balaban J connectivity index is 0.00000337. The number of alkyl halides is 2. The second-order valence-electron chi connectivity index (χ2n) is 10.2. The fraction of sp³-hybridized carbons (Fsp3) is 0.393.